The molecule has 0 saturated carbocycles. The molecule has 0 unspecified atom stereocenters. The normalized spacial score (nSPS) is 10.7. The highest BCUT2D eigenvalue weighted by molar-refractivity contribution is 7.18. The zero-order chi connectivity index (χ0) is 13.1. The van der Waals surface area contributed by atoms with E-state index >= 15 is 0 Å². The van der Waals surface area contributed by atoms with Gasteiger partial charge in [-0.05, 0) is 11.6 Å². The predicted octanol–water partition coefficient (Wildman–Crippen LogP) is 4.44. The van der Waals surface area contributed by atoms with Crippen LogP contribution >= 0.6 is 34.5 Å². The number of carbonyl (C=O) groups excluding carboxylic acids is 1. The van der Waals surface area contributed by atoms with Crippen molar-refractivity contribution in [1.82, 2.24) is 0 Å². The monoisotopic (exact) mass is 299 g/mol. The van der Waals surface area contributed by atoms with Crippen LogP contribution in [0.1, 0.15) is 9.67 Å². The first-order valence-electron chi connectivity index (χ1n) is 5.33. The van der Waals surface area contributed by atoms with E-state index in [2.05, 4.69) is 5.32 Å². The smallest absolute Gasteiger partial charge is 0.207 e. The summed E-state index contributed by atoms with van der Waals surface area (Å²) in [5, 5.41) is 2.99. The molecule has 1 aromatic carbocycles. The highest BCUT2D eigenvalue weighted by Gasteiger charge is 2.21. The molecular weight excluding hydrogens is 289 g/mol. The van der Waals surface area contributed by atoms with Crippen molar-refractivity contribution in [2.75, 3.05) is 12.4 Å². The number of thiophene rings is 1. The fourth-order valence-corrected chi connectivity index (χ4v) is 3.09. The Morgan fingerprint density at radius 3 is 2.50 bits per heavy atom. The summed E-state index contributed by atoms with van der Waals surface area (Å²) in [7, 11) is 1.77. The van der Waals surface area contributed by atoms with Gasteiger partial charge in [0.05, 0.1) is 10.6 Å². The van der Waals surface area contributed by atoms with Crippen LogP contribution in [-0.2, 0) is 0 Å². The zero-order valence-electron chi connectivity index (χ0n) is 9.61. The molecule has 0 spiro atoms. The van der Waals surface area contributed by atoms with Crippen molar-refractivity contribution in [2.24, 2.45) is 0 Å². The Morgan fingerprint density at radius 2 is 1.94 bits per heavy atom. The number of hydrogen-bond acceptors (Lipinski definition) is 3. The van der Waals surface area contributed by atoms with E-state index in [1.807, 2.05) is 36.4 Å². The molecule has 0 saturated heterocycles. The Morgan fingerprint density at radius 1 is 1.28 bits per heavy atom. The third kappa shape index (κ3) is 2.69. The van der Waals surface area contributed by atoms with Gasteiger partial charge >= 0.3 is 0 Å². The third-order valence-corrected chi connectivity index (χ3v) is 4.08. The molecule has 2 rings (SSSR count). The lowest BCUT2D eigenvalue weighted by Gasteiger charge is -2.01. The van der Waals surface area contributed by atoms with Gasteiger partial charge in [0, 0.05) is 11.9 Å². The summed E-state index contributed by atoms with van der Waals surface area (Å²) in [4.78, 5) is 12.4. The Labute approximate surface area is 120 Å². The van der Waals surface area contributed by atoms with Crippen molar-refractivity contribution in [3.8, 4) is 10.4 Å². The predicted molar refractivity (Wildman–Crippen MR) is 79.1 cm³/mol. The molecule has 2 nitrogen and oxygen atoms in total. The number of ketones is 1. The van der Waals surface area contributed by atoms with Crippen LogP contribution in [0.2, 0.25) is 0 Å². The highest BCUT2D eigenvalue weighted by atomic mass is 35.5. The molecule has 5 heteroatoms. The first kappa shape index (κ1) is 13.4. The minimum atomic E-state index is -1.03. The van der Waals surface area contributed by atoms with Crippen LogP contribution in [0.5, 0.6) is 0 Å². The van der Waals surface area contributed by atoms with E-state index < -0.39 is 4.84 Å². The molecule has 1 aromatic heterocycles. The molecule has 0 amide bonds. The molecule has 0 aliphatic rings. The van der Waals surface area contributed by atoms with Gasteiger partial charge < -0.3 is 5.32 Å². The Hall–Kier alpha value is -1.03. The Balaban J connectivity index is 2.45. The molecule has 1 heterocycles. The average Bonchev–Trinajstić information content (AvgIpc) is 2.82. The van der Waals surface area contributed by atoms with E-state index in [4.69, 9.17) is 23.2 Å². The van der Waals surface area contributed by atoms with Crippen molar-refractivity contribution in [3.05, 3.63) is 41.3 Å². The Bertz CT molecular complexity index is 551. The van der Waals surface area contributed by atoms with Crippen LogP contribution in [0.25, 0.3) is 10.4 Å². The largest absolute Gasteiger partial charge is 0.387 e. The molecule has 0 fully saturated rings. The summed E-state index contributed by atoms with van der Waals surface area (Å²) in [6.07, 6.45) is 0. The van der Waals surface area contributed by atoms with E-state index in [-0.39, 0.29) is 5.78 Å². The lowest BCUT2D eigenvalue weighted by Crippen LogP contribution is -2.07. The molecule has 1 N–H and O–H groups in total. The average molecular weight is 300 g/mol. The van der Waals surface area contributed by atoms with Crippen LogP contribution in [0.15, 0.2) is 36.4 Å². The number of benzene rings is 1. The van der Waals surface area contributed by atoms with Gasteiger partial charge in [-0.1, -0.05) is 53.5 Å². The van der Waals surface area contributed by atoms with Gasteiger partial charge in [-0.2, -0.15) is 0 Å². The number of carbonyl (C=O) groups is 1. The molecule has 18 heavy (non-hydrogen) atoms. The number of halogens is 2. The molecule has 2 aromatic rings. The fourth-order valence-electron chi connectivity index (χ4n) is 1.60. The van der Waals surface area contributed by atoms with Gasteiger partial charge in [-0.15, -0.1) is 11.3 Å². The van der Waals surface area contributed by atoms with Gasteiger partial charge in [0.1, 0.15) is 0 Å². The molecule has 0 bridgehead atoms. The summed E-state index contributed by atoms with van der Waals surface area (Å²) >= 11 is 12.7. The summed E-state index contributed by atoms with van der Waals surface area (Å²) in [5.74, 6) is -0.269. The minimum absolute atomic E-state index is 0.269. The van der Waals surface area contributed by atoms with Crippen LogP contribution in [-0.4, -0.2) is 17.7 Å². The first-order chi connectivity index (χ1) is 8.63. The number of hydrogen-bond donors (Lipinski definition) is 1. The first-order valence-corrected chi connectivity index (χ1v) is 7.01. The quantitative estimate of drug-likeness (QED) is 0.668. The lowest BCUT2D eigenvalue weighted by atomic mass is 10.2. The van der Waals surface area contributed by atoms with Gasteiger partial charge in [-0.25, -0.2) is 0 Å². The van der Waals surface area contributed by atoms with E-state index in [0.717, 1.165) is 16.1 Å². The van der Waals surface area contributed by atoms with E-state index in [9.17, 15) is 4.79 Å². The van der Waals surface area contributed by atoms with Gasteiger partial charge in [0.15, 0.2) is 4.84 Å². The maximum absolute atomic E-state index is 11.9. The molecule has 0 aliphatic heterocycles. The van der Waals surface area contributed by atoms with E-state index in [0.29, 0.717) is 4.88 Å². The van der Waals surface area contributed by atoms with E-state index in [1.54, 1.807) is 7.05 Å². The number of nitrogens with one attached hydrogen (secondary N) is 1. The summed E-state index contributed by atoms with van der Waals surface area (Å²) < 4.78 is 0. The molecule has 94 valence electrons. The van der Waals surface area contributed by atoms with Crippen LogP contribution in [0.3, 0.4) is 0 Å². The van der Waals surface area contributed by atoms with Gasteiger partial charge in [0.2, 0.25) is 5.78 Å². The molecule has 0 atom stereocenters. The number of rotatable bonds is 4. The second-order valence-electron chi connectivity index (χ2n) is 3.63. The van der Waals surface area contributed by atoms with Gasteiger partial charge in [0.25, 0.3) is 0 Å². The van der Waals surface area contributed by atoms with Crippen molar-refractivity contribution < 1.29 is 4.79 Å². The van der Waals surface area contributed by atoms with Crippen molar-refractivity contribution >= 4 is 46.0 Å². The lowest BCUT2D eigenvalue weighted by molar-refractivity contribution is 0.101. The zero-order valence-corrected chi connectivity index (χ0v) is 11.9. The van der Waals surface area contributed by atoms with Gasteiger partial charge in [-0.3, -0.25) is 4.79 Å². The SMILES string of the molecule is CNc1cc(-c2ccccc2)sc1C(=O)C(Cl)Cl. The maximum atomic E-state index is 11.9. The summed E-state index contributed by atoms with van der Waals surface area (Å²) in [6, 6.07) is 11.8. The topological polar surface area (TPSA) is 29.1 Å². The van der Waals surface area contributed by atoms with Crippen LogP contribution < -0.4 is 5.32 Å². The summed E-state index contributed by atoms with van der Waals surface area (Å²) in [5.41, 5.74) is 1.83. The van der Waals surface area contributed by atoms with Crippen molar-refractivity contribution in [3.63, 3.8) is 0 Å². The second kappa shape index (κ2) is 5.74. The number of Topliss-reactive ketones (excluding diaryl/α,β-unsaturated/α-hetero) is 1. The maximum Gasteiger partial charge on any atom is 0.207 e. The molecular formula is C13H11Cl2NOS. The fraction of sp³-hybridized carbons (Fsp3) is 0.154. The molecule has 0 aliphatic carbocycles. The summed E-state index contributed by atoms with van der Waals surface area (Å²) in [6.45, 7) is 0. The Kier molecular flexibility index (Phi) is 4.27. The third-order valence-electron chi connectivity index (χ3n) is 2.48. The highest BCUT2D eigenvalue weighted by Crippen LogP contribution is 2.36. The standard InChI is InChI=1S/C13H11Cl2NOS/c1-16-9-7-10(8-5-3-2-4-6-8)18-12(9)11(17)13(14)15/h2-7,13,16H,1H3. The minimum Gasteiger partial charge on any atom is -0.387 e. The van der Waals surface area contributed by atoms with Crippen molar-refractivity contribution in [1.29, 1.82) is 0 Å². The van der Waals surface area contributed by atoms with E-state index in [1.165, 1.54) is 11.3 Å². The van der Waals surface area contributed by atoms with Crippen LogP contribution in [0, 0.1) is 0 Å². The number of anilines is 1. The molecule has 0 radical (unpaired) electrons. The number of alkyl halides is 2. The van der Waals surface area contributed by atoms with Crippen molar-refractivity contribution in [2.45, 2.75) is 4.84 Å². The second-order valence-corrected chi connectivity index (χ2v) is 5.78. The van der Waals surface area contributed by atoms with Crippen LogP contribution in [0.4, 0.5) is 5.69 Å².